The maximum atomic E-state index is 5.15. The van der Waals surface area contributed by atoms with Crippen molar-refractivity contribution in [3.8, 4) is 5.75 Å². The smallest absolute Gasteiger partial charge is 0.191 e. The Bertz CT molecular complexity index is 549. The van der Waals surface area contributed by atoms with E-state index in [1.807, 2.05) is 12.1 Å². The summed E-state index contributed by atoms with van der Waals surface area (Å²) >= 11 is 1.74. The molecular weight excluding hydrogens is 282 g/mol. The molecule has 0 aliphatic rings. The van der Waals surface area contributed by atoms with Gasteiger partial charge in [0.25, 0.3) is 0 Å². The van der Waals surface area contributed by atoms with E-state index in [1.54, 1.807) is 25.5 Å². The molecule has 0 atom stereocenters. The Labute approximate surface area is 129 Å². The third-order valence-corrected chi connectivity index (χ3v) is 3.98. The van der Waals surface area contributed by atoms with Crippen molar-refractivity contribution in [3.63, 3.8) is 0 Å². The summed E-state index contributed by atoms with van der Waals surface area (Å²) in [6.07, 6.45) is 0.948. The second-order valence-corrected chi connectivity index (χ2v) is 5.56. The first-order valence-electron chi connectivity index (χ1n) is 6.91. The molecule has 21 heavy (non-hydrogen) atoms. The van der Waals surface area contributed by atoms with Crippen LogP contribution >= 0.6 is 11.3 Å². The Morgan fingerprint density at radius 2 is 2.00 bits per heavy atom. The number of guanidine groups is 1. The number of ether oxygens (including phenoxy) is 1. The van der Waals surface area contributed by atoms with E-state index in [9.17, 15) is 0 Å². The Kier molecular flexibility index (Phi) is 6.09. The largest absolute Gasteiger partial charge is 0.497 e. The number of nitrogens with zero attached hydrogens (tertiary/aromatic N) is 1. The van der Waals surface area contributed by atoms with Gasteiger partial charge in [-0.25, -0.2) is 0 Å². The van der Waals surface area contributed by atoms with Crippen molar-refractivity contribution in [3.05, 3.63) is 52.2 Å². The third kappa shape index (κ3) is 5.11. The van der Waals surface area contributed by atoms with Crippen LogP contribution in [0.3, 0.4) is 0 Å². The molecule has 0 unspecified atom stereocenters. The minimum absolute atomic E-state index is 0.805. The number of nitrogens with one attached hydrogen (secondary N) is 2. The Hall–Kier alpha value is -2.01. The van der Waals surface area contributed by atoms with Crippen LogP contribution in [0.15, 0.2) is 46.8 Å². The van der Waals surface area contributed by atoms with E-state index in [1.165, 1.54) is 10.4 Å². The summed E-state index contributed by atoms with van der Waals surface area (Å²) in [7, 11) is 3.47. The lowest BCUT2D eigenvalue weighted by atomic mass is 10.1. The number of benzene rings is 1. The fraction of sp³-hybridized carbons (Fsp3) is 0.312. The van der Waals surface area contributed by atoms with Crippen LogP contribution in [-0.4, -0.2) is 26.7 Å². The Morgan fingerprint density at radius 1 is 1.19 bits per heavy atom. The van der Waals surface area contributed by atoms with Crippen LogP contribution in [0, 0.1) is 0 Å². The van der Waals surface area contributed by atoms with Crippen LogP contribution in [0.4, 0.5) is 0 Å². The molecule has 112 valence electrons. The number of methoxy groups -OCH3 is 1. The molecule has 0 fully saturated rings. The predicted molar refractivity (Wildman–Crippen MR) is 89.2 cm³/mol. The molecule has 5 heteroatoms. The summed E-state index contributed by atoms with van der Waals surface area (Å²) < 4.78 is 5.15. The summed E-state index contributed by atoms with van der Waals surface area (Å²) in [6, 6.07) is 12.3. The fourth-order valence-electron chi connectivity index (χ4n) is 1.92. The molecular formula is C16H21N3OS. The molecule has 0 amide bonds. The normalized spacial score (nSPS) is 11.2. The van der Waals surface area contributed by atoms with Crippen LogP contribution in [0.2, 0.25) is 0 Å². The van der Waals surface area contributed by atoms with Crippen molar-refractivity contribution in [2.24, 2.45) is 4.99 Å². The van der Waals surface area contributed by atoms with E-state index in [-0.39, 0.29) is 0 Å². The highest BCUT2D eigenvalue weighted by Crippen LogP contribution is 2.11. The number of hydrogen-bond acceptors (Lipinski definition) is 3. The van der Waals surface area contributed by atoms with Crippen molar-refractivity contribution in [2.75, 3.05) is 20.7 Å². The number of thiophene rings is 1. The highest BCUT2D eigenvalue weighted by Gasteiger charge is 1.99. The summed E-state index contributed by atoms with van der Waals surface area (Å²) in [5.74, 6) is 1.72. The van der Waals surface area contributed by atoms with Crippen molar-refractivity contribution < 1.29 is 4.74 Å². The molecule has 1 heterocycles. The number of hydrogen-bond donors (Lipinski definition) is 2. The van der Waals surface area contributed by atoms with Crippen molar-refractivity contribution in [1.82, 2.24) is 10.6 Å². The second-order valence-electron chi connectivity index (χ2n) is 4.53. The molecule has 0 aliphatic carbocycles. The highest BCUT2D eigenvalue weighted by molar-refractivity contribution is 7.09. The molecule has 2 aromatic rings. The molecule has 1 aromatic carbocycles. The van der Waals surface area contributed by atoms with Gasteiger partial charge < -0.3 is 15.4 Å². The second kappa shape index (κ2) is 8.32. The Balaban J connectivity index is 1.72. The molecule has 0 spiro atoms. The number of rotatable bonds is 6. The minimum Gasteiger partial charge on any atom is -0.497 e. The van der Waals surface area contributed by atoms with Crippen molar-refractivity contribution in [2.45, 2.75) is 13.0 Å². The van der Waals surface area contributed by atoms with Gasteiger partial charge >= 0.3 is 0 Å². The lowest BCUT2D eigenvalue weighted by Gasteiger charge is -2.11. The van der Waals surface area contributed by atoms with Crippen molar-refractivity contribution >= 4 is 17.3 Å². The first-order chi connectivity index (χ1) is 10.3. The van der Waals surface area contributed by atoms with Gasteiger partial charge in [0.1, 0.15) is 5.75 Å². The monoisotopic (exact) mass is 303 g/mol. The first-order valence-corrected chi connectivity index (χ1v) is 7.79. The van der Waals surface area contributed by atoms with Gasteiger partial charge in [-0.2, -0.15) is 0 Å². The molecule has 0 saturated carbocycles. The van der Waals surface area contributed by atoms with Crippen LogP contribution in [0.25, 0.3) is 0 Å². The van der Waals surface area contributed by atoms with Crippen molar-refractivity contribution in [1.29, 1.82) is 0 Å². The molecule has 0 saturated heterocycles. The summed E-state index contributed by atoms with van der Waals surface area (Å²) in [5, 5.41) is 8.71. The van der Waals surface area contributed by atoms with Crippen LogP contribution < -0.4 is 15.4 Å². The zero-order chi connectivity index (χ0) is 14.9. The zero-order valence-electron chi connectivity index (χ0n) is 12.4. The van der Waals surface area contributed by atoms with Gasteiger partial charge in [0, 0.05) is 18.5 Å². The molecule has 0 aliphatic heterocycles. The summed E-state index contributed by atoms with van der Waals surface area (Å²) in [4.78, 5) is 5.52. The van der Waals surface area contributed by atoms with E-state index in [2.05, 4.69) is 45.3 Å². The number of aliphatic imine (C=N–C) groups is 1. The predicted octanol–water partition coefficient (Wildman–Crippen LogP) is 2.66. The van der Waals surface area contributed by atoms with E-state index >= 15 is 0 Å². The average molecular weight is 303 g/mol. The lowest BCUT2D eigenvalue weighted by molar-refractivity contribution is 0.414. The van der Waals surface area contributed by atoms with E-state index < -0.39 is 0 Å². The average Bonchev–Trinajstić information content (AvgIpc) is 3.04. The standard InChI is InChI=1S/C16H21N3OS/c1-17-16(19-12-15-4-3-11-21-15)18-10-9-13-5-7-14(20-2)8-6-13/h3-8,11H,9-10,12H2,1-2H3,(H2,17,18,19). The van der Waals surface area contributed by atoms with Gasteiger partial charge in [-0.15, -0.1) is 11.3 Å². The molecule has 2 rings (SSSR count). The van der Waals surface area contributed by atoms with Crippen LogP contribution in [0.1, 0.15) is 10.4 Å². The van der Waals surface area contributed by atoms with Gasteiger partial charge in [-0.3, -0.25) is 4.99 Å². The first kappa shape index (κ1) is 15.4. The third-order valence-electron chi connectivity index (χ3n) is 3.10. The lowest BCUT2D eigenvalue weighted by Crippen LogP contribution is -2.37. The van der Waals surface area contributed by atoms with Gasteiger partial charge in [0.2, 0.25) is 0 Å². The van der Waals surface area contributed by atoms with Crippen LogP contribution in [0.5, 0.6) is 5.75 Å². The zero-order valence-corrected chi connectivity index (χ0v) is 13.2. The van der Waals surface area contributed by atoms with Gasteiger partial charge in [0.15, 0.2) is 5.96 Å². The van der Waals surface area contributed by atoms with E-state index in [4.69, 9.17) is 4.74 Å². The van der Waals surface area contributed by atoms with E-state index in [0.717, 1.165) is 31.2 Å². The quantitative estimate of drug-likeness (QED) is 0.637. The van der Waals surface area contributed by atoms with E-state index in [0.29, 0.717) is 0 Å². The summed E-state index contributed by atoms with van der Waals surface area (Å²) in [6.45, 7) is 1.65. The SMILES string of the molecule is CN=C(NCCc1ccc(OC)cc1)NCc1cccs1. The highest BCUT2D eigenvalue weighted by atomic mass is 32.1. The van der Waals surface area contributed by atoms with Crippen LogP contribution in [-0.2, 0) is 13.0 Å². The van der Waals surface area contributed by atoms with Gasteiger partial charge in [-0.05, 0) is 35.6 Å². The molecule has 2 N–H and O–H groups in total. The molecule has 0 bridgehead atoms. The maximum absolute atomic E-state index is 5.15. The molecule has 4 nitrogen and oxygen atoms in total. The minimum atomic E-state index is 0.805. The fourth-order valence-corrected chi connectivity index (χ4v) is 2.57. The maximum Gasteiger partial charge on any atom is 0.191 e. The topological polar surface area (TPSA) is 45.7 Å². The van der Waals surface area contributed by atoms with Gasteiger partial charge in [-0.1, -0.05) is 18.2 Å². The summed E-state index contributed by atoms with van der Waals surface area (Å²) in [5.41, 5.74) is 1.28. The molecule has 0 radical (unpaired) electrons. The van der Waals surface area contributed by atoms with Gasteiger partial charge in [0.05, 0.1) is 13.7 Å². The Morgan fingerprint density at radius 3 is 2.62 bits per heavy atom. The molecule has 1 aromatic heterocycles.